The molecular weight excluding hydrogens is 358 g/mol. The van der Waals surface area contributed by atoms with E-state index in [-0.39, 0.29) is 24.7 Å². The molecule has 0 aliphatic heterocycles. The van der Waals surface area contributed by atoms with Crippen molar-refractivity contribution in [2.45, 2.75) is 19.4 Å². The first-order valence-corrected chi connectivity index (χ1v) is 8.31. The molecule has 0 fully saturated rings. The van der Waals surface area contributed by atoms with Gasteiger partial charge in [-0.2, -0.15) is 0 Å². The Morgan fingerprint density at radius 1 is 1.22 bits per heavy atom. The van der Waals surface area contributed by atoms with Crippen LogP contribution in [-0.2, 0) is 22.6 Å². The molecule has 1 N–H and O–H groups in total. The van der Waals surface area contributed by atoms with Gasteiger partial charge in [0.1, 0.15) is 5.78 Å². The number of ketones is 1. The first-order chi connectivity index (χ1) is 11.2. The fraction of sp³-hybridized carbons (Fsp3) is 0.333. The molecule has 4 nitrogen and oxygen atoms in total. The summed E-state index contributed by atoms with van der Waals surface area (Å²) < 4.78 is 6.49. The monoisotopic (exact) mass is 377 g/mol. The van der Waals surface area contributed by atoms with Crippen molar-refractivity contribution in [1.29, 1.82) is 0 Å². The normalized spacial score (nSPS) is 12.1. The minimum atomic E-state index is -0.179. The Morgan fingerprint density at radius 2 is 2.00 bits per heavy atom. The Hall–Kier alpha value is -1.56. The number of benzene rings is 1. The number of aromatic nitrogens is 1. The molecule has 0 radical (unpaired) electrons. The maximum atomic E-state index is 12.1. The van der Waals surface area contributed by atoms with Gasteiger partial charge >= 0.3 is 0 Å². The number of aliphatic hydroxyl groups excluding tert-OH is 1. The maximum Gasteiger partial charge on any atom is 0.139 e. The number of aliphatic hydroxyl groups is 1. The average Bonchev–Trinajstić information content (AvgIpc) is 2.57. The van der Waals surface area contributed by atoms with Gasteiger partial charge in [-0.25, -0.2) is 0 Å². The van der Waals surface area contributed by atoms with E-state index in [2.05, 4.69) is 20.9 Å². The van der Waals surface area contributed by atoms with Crippen LogP contribution in [0.15, 0.2) is 53.1 Å². The Kier molecular flexibility index (Phi) is 7.39. The van der Waals surface area contributed by atoms with Crippen LogP contribution in [0.2, 0.25) is 0 Å². The summed E-state index contributed by atoms with van der Waals surface area (Å²) in [7, 11) is 0. The van der Waals surface area contributed by atoms with E-state index < -0.39 is 0 Å². The molecule has 0 bridgehead atoms. The Labute approximate surface area is 144 Å². The lowest BCUT2D eigenvalue weighted by atomic mass is 10.0. The van der Waals surface area contributed by atoms with E-state index in [0.717, 1.165) is 15.7 Å². The van der Waals surface area contributed by atoms with E-state index in [4.69, 9.17) is 4.74 Å². The zero-order valence-electron chi connectivity index (χ0n) is 12.8. The van der Waals surface area contributed by atoms with Crippen molar-refractivity contribution in [2.24, 2.45) is 5.92 Å². The van der Waals surface area contributed by atoms with Gasteiger partial charge in [0.2, 0.25) is 0 Å². The molecule has 1 heterocycles. The predicted octanol–water partition coefficient (Wildman–Crippen LogP) is 3.17. The quantitative estimate of drug-likeness (QED) is 0.728. The standard InChI is InChI=1S/C18H20BrNO3/c19-16-6-7-17(20-10-16)9-18(22)8-15(11-21)13-23-12-14-4-2-1-3-5-14/h1-7,10,15,21H,8-9,11-13H2/t15-/m0/s1. The number of carbonyl (C=O) groups excluding carboxylic acids is 1. The first kappa shape index (κ1) is 17.8. The van der Waals surface area contributed by atoms with Crippen molar-refractivity contribution in [3.8, 4) is 0 Å². The molecule has 122 valence electrons. The molecule has 0 aliphatic carbocycles. The topological polar surface area (TPSA) is 59.4 Å². The molecule has 2 rings (SSSR count). The number of carbonyl (C=O) groups is 1. The number of hydrogen-bond donors (Lipinski definition) is 1. The summed E-state index contributed by atoms with van der Waals surface area (Å²) in [6, 6.07) is 13.5. The van der Waals surface area contributed by atoms with Gasteiger partial charge < -0.3 is 9.84 Å². The zero-order valence-corrected chi connectivity index (χ0v) is 14.4. The van der Waals surface area contributed by atoms with Gasteiger partial charge in [-0.15, -0.1) is 0 Å². The highest BCUT2D eigenvalue weighted by molar-refractivity contribution is 9.10. The summed E-state index contributed by atoms with van der Waals surface area (Å²) in [6.45, 7) is 0.791. The number of hydrogen-bond acceptors (Lipinski definition) is 4. The van der Waals surface area contributed by atoms with Crippen molar-refractivity contribution in [1.82, 2.24) is 4.98 Å². The minimum Gasteiger partial charge on any atom is -0.396 e. The molecule has 1 atom stereocenters. The Morgan fingerprint density at radius 3 is 2.65 bits per heavy atom. The second-order valence-electron chi connectivity index (χ2n) is 5.44. The van der Waals surface area contributed by atoms with E-state index in [0.29, 0.717) is 19.6 Å². The number of halogens is 1. The number of pyridine rings is 1. The van der Waals surface area contributed by atoms with Gasteiger partial charge in [0.15, 0.2) is 0 Å². The molecule has 0 unspecified atom stereocenters. The summed E-state index contributed by atoms with van der Waals surface area (Å²) in [5, 5.41) is 9.42. The number of ether oxygens (including phenoxy) is 1. The van der Waals surface area contributed by atoms with Crippen molar-refractivity contribution >= 4 is 21.7 Å². The summed E-state index contributed by atoms with van der Waals surface area (Å²) in [5.41, 5.74) is 1.81. The number of Topliss-reactive ketones (excluding diaryl/α,β-unsaturated/α-hetero) is 1. The molecule has 23 heavy (non-hydrogen) atoms. The van der Waals surface area contributed by atoms with Crippen molar-refractivity contribution in [2.75, 3.05) is 13.2 Å². The molecule has 1 aromatic heterocycles. The van der Waals surface area contributed by atoms with Gasteiger partial charge in [-0.3, -0.25) is 9.78 Å². The second-order valence-corrected chi connectivity index (χ2v) is 6.35. The van der Waals surface area contributed by atoms with Crippen molar-refractivity contribution in [3.63, 3.8) is 0 Å². The molecule has 0 spiro atoms. The lowest BCUT2D eigenvalue weighted by Crippen LogP contribution is -2.19. The fourth-order valence-corrected chi connectivity index (χ4v) is 2.44. The summed E-state index contributed by atoms with van der Waals surface area (Å²) >= 11 is 3.31. The molecule has 0 saturated heterocycles. The molecule has 0 saturated carbocycles. The van der Waals surface area contributed by atoms with Gasteiger partial charge in [-0.05, 0) is 33.6 Å². The van der Waals surface area contributed by atoms with E-state index >= 15 is 0 Å². The molecule has 0 amide bonds. The SMILES string of the molecule is O=C(Cc1ccc(Br)cn1)C[C@@H](CO)COCc1ccccc1. The van der Waals surface area contributed by atoms with E-state index in [9.17, 15) is 9.90 Å². The third kappa shape index (κ3) is 6.60. The van der Waals surface area contributed by atoms with Crippen LogP contribution >= 0.6 is 15.9 Å². The molecular formula is C18H20BrNO3. The van der Waals surface area contributed by atoms with Crippen LogP contribution in [0.3, 0.4) is 0 Å². The van der Waals surface area contributed by atoms with E-state index in [1.807, 2.05) is 42.5 Å². The maximum absolute atomic E-state index is 12.1. The van der Waals surface area contributed by atoms with Gasteiger partial charge in [0.25, 0.3) is 0 Å². The number of rotatable bonds is 9. The lowest BCUT2D eigenvalue weighted by Gasteiger charge is -2.14. The third-order valence-electron chi connectivity index (χ3n) is 3.41. The third-order valence-corrected chi connectivity index (χ3v) is 3.88. The van der Waals surface area contributed by atoms with Crippen molar-refractivity contribution in [3.05, 3.63) is 64.4 Å². The summed E-state index contributed by atoms with van der Waals surface area (Å²) in [6.07, 6.45) is 2.25. The van der Waals surface area contributed by atoms with E-state index in [1.165, 1.54) is 0 Å². The van der Waals surface area contributed by atoms with Crippen LogP contribution in [0, 0.1) is 5.92 Å². The highest BCUT2D eigenvalue weighted by atomic mass is 79.9. The molecule has 1 aromatic carbocycles. The highest BCUT2D eigenvalue weighted by Crippen LogP contribution is 2.11. The van der Waals surface area contributed by atoms with Crippen molar-refractivity contribution < 1.29 is 14.6 Å². The fourth-order valence-electron chi connectivity index (χ4n) is 2.20. The first-order valence-electron chi connectivity index (χ1n) is 7.52. The Bertz CT molecular complexity index is 601. The van der Waals surface area contributed by atoms with Gasteiger partial charge in [0.05, 0.1) is 13.2 Å². The smallest absolute Gasteiger partial charge is 0.139 e. The molecule has 5 heteroatoms. The van der Waals surface area contributed by atoms with Crippen LogP contribution in [0.5, 0.6) is 0 Å². The van der Waals surface area contributed by atoms with E-state index in [1.54, 1.807) is 6.20 Å². The predicted molar refractivity (Wildman–Crippen MR) is 91.9 cm³/mol. The number of nitrogens with zero attached hydrogens (tertiary/aromatic N) is 1. The van der Waals surface area contributed by atoms with Gasteiger partial charge in [-0.1, -0.05) is 30.3 Å². The highest BCUT2D eigenvalue weighted by Gasteiger charge is 2.14. The summed E-state index contributed by atoms with van der Waals surface area (Å²) in [4.78, 5) is 16.3. The van der Waals surface area contributed by atoms with Crippen LogP contribution in [0.25, 0.3) is 0 Å². The van der Waals surface area contributed by atoms with Crippen LogP contribution in [-0.4, -0.2) is 29.1 Å². The average molecular weight is 378 g/mol. The molecule has 2 aromatic rings. The van der Waals surface area contributed by atoms with Crippen LogP contribution < -0.4 is 0 Å². The second kappa shape index (κ2) is 9.55. The van der Waals surface area contributed by atoms with Gasteiger partial charge in [0, 0.05) is 41.7 Å². The van der Waals surface area contributed by atoms with Crippen LogP contribution in [0.1, 0.15) is 17.7 Å². The van der Waals surface area contributed by atoms with Crippen LogP contribution in [0.4, 0.5) is 0 Å². The largest absolute Gasteiger partial charge is 0.396 e. The Balaban J connectivity index is 1.75. The summed E-state index contributed by atoms with van der Waals surface area (Å²) in [5.74, 6) is -0.121. The zero-order chi connectivity index (χ0) is 16.5. The lowest BCUT2D eigenvalue weighted by molar-refractivity contribution is -0.120. The minimum absolute atomic E-state index is 0.0576. The molecule has 0 aliphatic rings.